The van der Waals surface area contributed by atoms with Gasteiger partial charge in [-0.05, 0) is 86.3 Å². The van der Waals surface area contributed by atoms with E-state index < -0.39 is 53.7 Å². The van der Waals surface area contributed by atoms with Gasteiger partial charge in [0.2, 0.25) is 6.29 Å². The van der Waals surface area contributed by atoms with Crippen LogP contribution in [0.3, 0.4) is 0 Å². The highest BCUT2D eigenvalue weighted by Crippen LogP contribution is 2.58. The summed E-state index contributed by atoms with van der Waals surface area (Å²) in [5, 5.41) is 67.0. The zero-order valence-electron chi connectivity index (χ0n) is 19.9. The van der Waals surface area contributed by atoms with Gasteiger partial charge in [0.15, 0.2) is 5.60 Å². The monoisotopic (exact) mass is 490 g/mol. The van der Waals surface area contributed by atoms with Crippen LogP contribution >= 0.6 is 0 Å². The number of fused-ring (bicyclic) bond motifs is 2. The Hall–Kier alpha value is -1.52. The third kappa shape index (κ3) is 3.94. The van der Waals surface area contributed by atoms with E-state index in [4.69, 9.17) is 9.47 Å². The summed E-state index contributed by atoms with van der Waals surface area (Å²) in [5.74, 6) is -0.846. The molecular formula is C27H38O8. The van der Waals surface area contributed by atoms with Crippen LogP contribution in [-0.4, -0.2) is 79.2 Å². The fourth-order valence-corrected chi connectivity index (χ4v) is 7.40. The van der Waals surface area contributed by atoms with E-state index in [-0.39, 0.29) is 24.9 Å². The van der Waals surface area contributed by atoms with Crippen LogP contribution in [0.25, 0.3) is 0 Å². The van der Waals surface area contributed by atoms with Gasteiger partial charge in [-0.1, -0.05) is 18.2 Å². The first-order valence-corrected chi connectivity index (χ1v) is 12.8. The van der Waals surface area contributed by atoms with E-state index in [2.05, 4.69) is 6.58 Å². The van der Waals surface area contributed by atoms with Crippen LogP contribution in [0.5, 0.6) is 5.75 Å². The predicted octanol–water partition coefficient (Wildman–Crippen LogP) is 0.902. The molecule has 5 rings (SSSR count). The number of allylic oxidation sites excluding steroid dienone is 1. The van der Waals surface area contributed by atoms with E-state index in [0.717, 1.165) is 5.56 Å². The number of hydrogen-bond donors (Lipinski definition) is 6. The summed E-state index contributed by atoms with van der Waals surface area (Å²) < 4.78 is 12.3. The van der Waals surface area contributed by atoms with Gasteiger partial charge in [-0.15, -0.1) is 6.58 Å². The molecule has 194 valence electrons. The van der Waals surface area contributed by atoms with E-state index >= 15 is 0 Å². The Balaban J connectivity index is 1.53. The van der Waals surface area contributed by atoms with Gasteiger partial charge in [-0.3, -0.25) is 0 Å². The van der Waals surface area contributed by atoms with Crippen LogP contribution in [0.4, 0.5) is 0 Å². The minimum atomic E-state index is -1.99. The van der Waals surface area contributed by atoms with Crippen molar-refractivity contribution in [2.75, 3.05) is 6.61 Å². The molecule has 11 atom stereocenters. The summed E-state index contributed by atoms with van der Waals surface area (Å²) in [4.78, 5) is 0. The Morgan fingerprint density at radius 1 is 1.03 bits per heavy atom. The molecule has 1 aromatic carbocycles. The normalized spacial score (nSPS) is 46.9. The molecule has 4 fully saturated rings. The van der Waals surface area contributed by atoms with Crippen molar-refractivity contribution in [1.82, 2.24) is 0 Å². The maximum Gasteiger partial charge on any atom is 0.232 e. The van der Waals surface area contributed by atoms with Crippen molar-refractivity contribution < 1.29 is 40.1 Å². The SMILES string of the molecule is C=CCc1ccc(O[C@H]2O[C@@H]3[C@@H](O)[C@H]4C[C@@H](O)CC[C@@H]4C[C@H]4C[C@H](CCO)[C@@]2(O)[C@@H](O)[C@@]43O)cc1. The van der Waals surface area contributed by atoms with Crippen LogP contribution < -0.4 is 4.74 Å². The highest BCUT2D eigenvalue weighted by atomic mass is 16.7. The topological polar surface area (TPSA) is 140 Å². The van der Waals surface area contributed by atoms with Crippen molar-refractivity contribution >= 4 is 0 Å². The minimum Gasteiger partial charge on any atom is -0.462 e. The molecule has 1 aliphatic heterocycles. The molecule has 3 aliphatic carbocycles. The molecule has 2 bridgehead atoms. The lowest BCUT2D eigenvalue weighted by Crippen LogP contribution is -2.81. The molecule has 35 heavy (non-hydrogen) atoms. The van der Waals surface area contributed by atoms with Gasteiger partial charge in [0.1, 0.15) is 23.6 Å². The summed E-state index contributed by atoms with van der Waals surface area (Å²) in [7, 11) is 0. The van der Waals surface area contributed by atoms with Crippen molar-refractivity contribution in [1.29, 1.82) is 0 Å². The third-order valence-corrected chi connectivity index (χ3v) is 9.24. The second kappa shape index (κ2) is 9.41. The van der Waals surface area contributed by atoms with Crippen LogP contribution in [0.15, 0.2) is 36.9 Å². The second-order valence-electron chi connectivity index (χ2n) is 11.1. The highest BCUT2D eigenvalue weighted by molar-refractivity contribution is 5.29. The standard InChI is InChI=1S/C27H38O8/c1-2-3-15-4-8-20(9-5-15)34-25-27(33)17(10-11-28)13-18-12-16-6-7-19(29)14-21(16)22(30)23(35-25)26(18,32)24(27)31/h2,4-5,8-9,16-19,21-25,28-33H,1,3,6-7,10-14H2/t16-,17+,18+,19+,21+,22+,23-,24+,25+,26-,27-/m1/s1. The maximum atomic E-state index is 12.0. The van der Waals surface area contributed by atoms with Gasteiger partial charge in [-0.25, -0.2) is 0 Å². The summed E-state index contributed by atoms with van der Waals surface area (Å²) >= 11 is 0. The Bertz CT molecular complexity index is 907. The summed E-state index contributed by atoms with van der Waals surface area (Å²) in [6.07, 6.45) is -0.533. The van der Waals surface area contributed by atoms with Crippen LogP contribution in [0.2, 0.25) is 0 Å². The number of ether oxygens (including phenoxy) is 2. The highest BCUT2D eigenvalue weighted by Gasteiger charge is 2.74. The number of benzene rings is 1. The van der Waals surface area contributed by atoms with Gasteiger partial charge >= 0.3 is 0 Å². The molecule has 1 aromatic rings. The number of rotatable bonds is 6. The van der Waals surface area contributed by atoms with E-state index in [1.807, 2.05) is 12.1 Å². The summed E-state index contributed by atoms with van der Waals surface area (Å²) in [6.45, 7) is 3.54. The Morgan fingerprint density at radius 2 is 1.77 bits per heavy atom. The van der Waals surface area contributed by atoms with Crippen molar-refractivity contribution in [3.63, 3.8) is 0 Å². The Morgan fingerprint density at radius 3 is 2.46 bits per heavy atom. The van der Waals surface area contributed by atoms with Crippen LogP contribution in [0.1, 0.15) is 44.1 Å². The fraction of sp³-hybridized carbons (Fsp3) is 0.704. The van der Waals surface area contributed by atoms with Gasteiger partial charge in [0.25, 0.3) is 0 Å². The van der Waals surface area contributed by atoms with E-state index in [0.29, 0.717) is 44.3 Å². The zero-order valence-corrected chi connectivity index (χ0v) is 19.9. The lowest BCUT2D eigenvalue weighted by molar-refractivity contribution is -0.398. The van der Waals surface area contributed by atoms with Gasteiger partial charge in [0, 0.05) is 6.61 Å². The number of aliphatic hydroxyl groups is 6. The number of hydrogen-bond acceptors (Lipinski definition) is 8. The Labute approximate surface area is 205 Å². The third-order valence-electron chi connectivity index (χ3n) is 9.24. The Kier molecular flexibility index (Phi) is 6.76. The summed E-state index contributed by atoms with van der Waals surface area (Å²) in [5.41, 5.74) is -2.83. The van der Waals surface area contributed by atoms with E-state index in [1.165, 1.54) is 0 Å². The molecule has 4 aliphatic rings. The number of aliphatic hydroxyl groups excluding tert-OH is 4. The lowest BCUT2D eigenvalue weighted by atomic mass is 9.56. The van der Waals surface area contributed by atoms with E-state index in [1.54, 1.807) is 18.2 Å². The zero-order chi connectivity index (χ0) is 25.0. The maximum absolute atomic E-state index is 12.0. The molecule has 0 unspecified atom stereocenters. The molecule has 6 N–H and O–H groups in total. The first-order valence-electron chi connectivity index (χ1n) is 12.8. The van der Waals surface area contributed by atoms with Crippen molar-refractivity contribution in [2.45, 2.75) is 86.9 Å². The van der Waals surface area contributed by atoms with Gasteiger partial charge < -0.3 is 40.1 Å². The van der Waals surface area contributed by atoms with Crippen molar-refractivity contribution in [3.05, 3.63) is 42.5 Å². The molecule has 0 amide bonds. The molecule has 8 nitrogen and oxygen atoms in total. The first-order chi connectivity index (χ1) is 16.7. The average molecular weight is 491 g/mol. The van der Waals surface area contributed by atoms with Crippen LogP contribution in [-0.2, 0) is 11.2 Å². The minimum absolute atomic E-state index is 0.0570. The second-order valence-corrected chi connectivity index (χ2v) is 11.1. The van der Waals surface area contributed by atoms with Crippen molar-refractivity contribution in [2.24, 2.45) is 23.7 Å². The molecule has 0 aromatic heterocycles. The molecule has 3 saturated carbocycles. The van der Waals surface area contributed by atoms with Crippen LogP contribution in [0, 0.1) is 23.7 Å². The molecular weight excluding hydrogens is 452 g/mol. The molecule has 0 radical (unpaired) electrons. The van der Waals surface area contributed by atoms with E-state index in [9.17, 15) is 30.6 Å². The molecule has 1 saturated heterocycles. The van der Waals surface area contributed by atoms with Gasteiger partial charge in [0.05, 0.1) is 12.2 Å². The lowest BCUT2D eigenvalue weighted by Gasteiger charge is -2.62. The smallest absolute Gasteiger partial charge is 0.232 e. The summed E-state index contributed by atoms with van der Waals surface area (Å²) in [6, 6.07) is 7.21. The average Bonchev–Trinajstić information content (AvgIpc) is 2.93. The quantitative estimate of drug-likeness (QED) is 0.323. The van der Waals surface area contributed by atoms with Gasteiger partial charge in [-0.2, -0.15) is 0 Å². The molecule has 8 heteroatoms. The predicted molar refractivity (Wildman–Crippen MR) is 126 cm³/mol. The van der Waals surface area contributed by atoms with Crippen molar-refractivity contribution in [3.8, 4) is 5.75 Å². The first kappa shape index (κ1) is 25.1. The molecule has 0 spiro atoms. The molecule has 1 heterocycles. The largest absolute Gasteiger partial charge is 0.462 e. The fourth-order valence-electron chi connectivity index (χ4n) is 7.40.